The van der Waals surface area contributed by atoms with Crippen LogP contribution in [0.2, 0.25) is 0 Å². The van der Waals surface area contributed by atoms with Crippen molar-refractivity contribution in [3.05, 3.63) is 34.9 Å². The first-order valence-corrected chi connectivity index (χ1v) is 8.06. The summed E-state index contributed by atoms with van der Waals surface area (Å²) in [7, 11) is 0. The van der Waals surface area contributed by atoms with Gasteiger partial charge < -0.3 is 10.2 Å². The third kappa shape index (κ3) is 5.88. The van der Waals surface area contributed by atoms with E-state index in [2.05, 4.69) is 12.2 Å². The average molecular weight is 304 g/mol. The number of rotatable bonds is 8. The summed E-state index contributed by atoms with van der Waals surface area (Å²) in [4.78, 5) is 25.5. The predicted molar refractivity (Wildman–Crippen MR) is 90.0 cm³/mol. The number of hydrogen-bond donors (Lipinski definition) is 1. The van der Waals surface area contributed by atoms with Gasteiger partial charge in [0, 0.05) is 32.1 Å². The second kappa shape index (κ2) is 9.23. The Bertz CT molecular complexity index is 512. The SMILES string of the molecule is CCCCCN(CCNC(=O)c1ccc(C)c(C)c1)C(C)=O. The van der Waals surface area contributed by atoms with Crippen LogP contribution in [0.3, 0.4) is 0 Å². The topological polar surface area (TPSA) is 49.4 Å². The maximum Gasteiger partial charge on any atom is 0.251 e. The van der Waals surface area contributed by atoms with Crippen LogP contribution in [0.25, 0.3) is 0 Å². The highest BCUT2D eigenvalue weighted by Crippen LogP contribution is 2.09. The highest BCUT2D eigenvalue weighted by molar-refractivity contribution is 5.94. The van der Waals surface area contributed by atoms with Crippen LogP contribution in [0.4, 0.5) is 0 Å². The van der Waals surface area contributed by atoms with Crippen LogP contribution < -0.4 is 5.32 Å². The smallest absolute Gasteiger partial charge is 0.251 e. The van der Waals surface area contributed by atoms with Gasteiger partial charge >= 0.3 is 0 Å². The molecule has 0 atom stereocenters. The van der Waals surface area contributed by atoms with E-state index < -0.39 is 0 Å². The lowest BCUT2D eigenvalue weighted by Crippen LogP contribution is -2.38. The van der Waals surface area contributed by atoms with Crippen LogP contribution in [0.1, 0.15) is 54.6 Å². The Labute approximate surface area is 133 Å². The number of hydrogen-bond acceptors (Lipinski definition) is 2. The lowest BCUT2D eigenvalue weighted by Gasteiger charge is -2.21. The summed E-state index contributed by atoms with van der Waals surface area (Å²) in [5.74, 6) is -0.0170. The van der Waals surface area contributed by atoms with Crippen molar-refractivity contribution in [2.45, 2.75) is 47.0 Å². The molecule has 0 aliphatic carbocycles. The fraction of sp³-hybridized carbons (Fsp3) is 0.556. The number of amides is 2. The molecule has 1 N–H and O–H groups in total. The van der Waals surface area contributed by atoms with E-state index in [1.807, 2.05) is 32.0 Å². The molecule has 1 aromatic rings. The Hall–Kier alpha value is -1.84. The first kappa shape index (κ1) is 18.2. The molecule has 0 saturated carbocycles. The molecule has 4 heteroatoms. The lowest BCUT2D eigenvalue weighted by molar-refractivity contribution is -0.128. The van der Waals surface area contributed by atoms with E-state index >= 15 is 0 Å². The zero-order valence-electron chi connectivity index (χ0n) is 14.2. The number of aryl methyl sites for hydroxylation is 2. The molecule has 0 saturated heterocycles. The summed E-state index contributed by atoms with van der Waals surface area (Å²) in [6.45, 7) is 9.56. The molecule has 4 nitrogen and oxygen atoms in total. The van der Waals surface area contributed by atoms with E-state index in [1.165, 1.54) is 5.56 Å². The van der Waals surface area contributed by atoms with Crippen molar-refractivity contribution in [2.75, 3.05) is 19.6 Å². The van der Waals surface area contributed by atoms with Crippen molar-refractivity contribution >= 4 is 11.8 Å². The minimum absolute atomic E-state index is 0.0662. The van der Waals surface area contributed by atoms with Gasteiger partial charge in [-0.05, 0) is 43.5 Å². The van der Waals surface area contributed by atoms with Gasteiger partial charge in [-0.2, -0.15) is 0 Å². The number of benzene rings is 1. The van der Waals surface area contributed by atoms with E-state index in [0.717, 1.165) is 31.4 Å². The van der Waals surface area contributed by atoms with Gasteiger partial charge in [0.05, 0.1) is 0 Å². The molecule has 0 bridgehead atoms. The van der Waals surface area contributed by atoms with Gasteiger partial charge in [0.15, 0.2) is 0 Å². The third-order valence-electron chi connectivity index (χ3n) is 3.91. The van der Waals surface area contributed by atoms with Crippen molar-refractivity contribution in [2.24, 2.45) is 0 Å². The number of unbranched alkanes of at least 4 members (excludes halogenated alkanes) is 2. The Morgan fingerprint density at radius 2 is 1.82 bits per heavy atom. The predicted octanol–water partition coefficient (Wildman–Crippen LogP) is 3.07. The van der Waals surface area contributed by atoms with E-state index in [4.69, 9.17) is 0 Å². The summed E-state index contributed by atoms with van der Waals surface area (Å²) in [6.07, 6.45) is 3.27. The van der Waals surface area contributed by atoms with E-state index in [-0.39, 0.29) is 11.8 Å². The first-order chi connectivity index (χ1) is 10.5. The standard InChI is InChI=1S/C18H28N2O2/c1-5-6-7-11-20(16(4)21)12-10-19-18(22)17-9-8-14(2)15(3)13-17/h8-9,13H,5-7,10-12H2,1-4H3,(H,19,22). The molecule has 0 aliphatic rings. The molecule has 0 fully saturated rings. The number of carbonyl (C=O) groups is 2. The fourth-order valence-corrected chi connectivity index (χ4v) is 2.27. The molecule has 0 aromatic heterocycles. The lowest BCUT2D eigenvalue weighted by atomic mass is 10.1. The maximum atomic E-state index is 12.1. The minimum atomic E-state index is -0.0832. The highest BCUT2D eigenvalue weighted by Gasteiger charge is 2.10. The highest BCUT2D eigenvalue weighted by atomic mass is 16.2. The first-order valence-electron chi connectivity index (χ1n) is 8.06. The van der Waals surface area contributed by atoms with Crippen LogP contribution >= 0.6 is 0 Å². The van der Waals surface area contributed by atoms with Crippen LogP contribution in [-0.2, 0) is 4.79 Å². The zero-order chi connectivity index (χ0) is 16.5. The monoisotopic (exact) mass is 304 g/mol. The normalized spacial score (nSPS) is 10.4. The van der Waals surface area contributed by atoms with Crippen LogP contribution in [-0.4, -0.2) is 36.3 Å². The van der Waals surface area contributed by atoms with E-state index in [1.54, 1.807) is 11.8 Å². The van der Waals surface area contributed by atoms with E-state index in [0.29, 0.717) is 18.7 Å². The Balaban J connectivity index is 2.45. The van der Waals surface area contributed by atoms with Crippen molar-refractivity contribution in [3.8, 4) is 0 Å². The zero-order valence-corrected chi connectivity index (χ0v) is 14.2. The number of carbonyl (C=O) groups excluding carboxylic acids is 2. The molecule has 0 radical (unpaired) electrons. The van der Waals surface area contributed by atoms with Crippen LogP contribution in [0.15, 0.2) is 18.2 Å². The van der Waals surface area contributed by atoms with Gasteiger partial charge in [0.2, 0.25) is 5.91 Å². The molecule has 122 valence electrons. The van der Waals surface area contributed by atoms with Crippen molar-refractivity contribution in [1.29, 1.82) is 0 Å². The molecule has 1 rings (SSSR count). The molecule has 1 aromatic carbocycles. The number of nitrogens with zero attached hydrogens (tertiary/aromatic N) is 1. The van der Waals surface area contributed by atoms with Crippen LogP contribution in [0.5, 0.6) is 0 Å². The largest absolute Gasteiger partial charge is 0.350 e. The van der Waals surface area contributed by atoms with Gasteiger partial charge in [0.1, 0.15) is 0 Å². The molecule has 0 spiro atoms. The summed E-state index contributed by atoms with van der Waals surface area (Å²) in [5, 5.41) is 2.89. The quantitative estimate of drug-likeness (QED) is 0.750. The van der Waals surface area contributed by atoms with Crippen molar-refractivity contribution in [3.63, 3.8) is 0 Å². The second-order valence-electron chi connectivity index (χ2n) is 5.77. The van der Waals surface area contributed by atoms with Gasteiger partial charge in [-0.15, -0.1) is 0 Å². The number of nitrogens with one attached hydrogen (secondary N) is 1. The molecule has 22 heavy (non-hydrogen) atoms. The van der Waals surface area contributed by atoms with Gasteiger partial charge in [0.25, 0.3) is 5.91 Å². The van der Waals surface area contributed by atoms with Gasteiger partial charge in [-0.25, -0.2) is 0 Å². The van der Waals surface area contributed by atoms with Crippen LogP contribution in [0, 0.1) is 13.8 Å². The fourth-order valence-electron chi connectivity index (χ4n) is 2.27. The average Bonchev–Trinajstić information content (AvgIpc) is 2.48. The molecule has 0 unspecified atom stereocenters. The Kier molecular flexibility index (Phi) is 7.64. The maximum absolute atomic E-state index is 12.1. The Morgan fingerprint density at radius 1 is 1.09 bits per heavy atom. The summed E-state index contributed by atoms with van der Waals surface area (Å²) in [6, 6.07) is 5.69. The minimum Gasteiger partial charge on any atom is -0.350 e. The van der Waals surface area contributed by atoms with E-state index in [9.17, 15) is 9.59 Å². The molecule has 0 heterocycles. The van der Waals surface area contributed by atoms with Crippen molar-refractivity contribution in [1.82, 2.24) is 10.2 Å². The summed E-state index contributed by atoms with van der Waals surface area (Å²) in [5.41, 5.74) is 2.95. The van der Waals surface area contributed by atoms with Gasteiger partial charge in [-0.3, -0.25) is 9.59 Å². The molecule has 0 aliphatic heterocycles. The van der Waals surface area contributed by atoms with Crippen molar-refractivity contribution < 1.29 is 9.59 Å². The summed E-state index contributed by atoms with van der Waals surface area (Å²) >= 11 is 0. The molecular weight excluding hydrogens is 276 g/mol. The Morgan fingerprint density at radius 3 is 2.41 bits per heavy atom. The van der Waals surface area contributed by atoms with Gasteiger partial charge in [-0.1, -0.05) is 25.8 Å². The third-order valence-corrected chi connectivity index (χ3v) is 3.91. The molecular formula is C18H28N2O2. The second-order valence-corrected chi connectivity index (χ2v) is 5.77. The molecule has 2 amide bonds. The summed E-state index contributed by atoms with van der Waals surface area (Å²) < 4.78 is 0.